The van der Waals surface area contributed by atoms with Crippen molar-refractivity contribution in [3.8, 4) is 0 Å². The number of hydrogen-bond acceptors (Lipinski definition) is 5. The monoisotopic (exact) mass is 253 g/mol. The van der Waals surface area contributed by atoms with Gasteiger partial charge in [-0.1, -0.05) is 0 Å². The van der Waals surface area contributed by atoms with Crippen molar-refractivity contribution < 1.29 is 14.1 Å². The summed E-state index contributed by atoms with van der Waals surface area (Å²) in [7, 11) is 1.88. The largest absolute Gasteiger partial charge is 0.433 e. The van der Waals surface area contributed by atoms with E-state index >= 15 is 0 Å². The van der Waals surface area contributed by atoms with Gasteiger partial charge in [0.2, 0.25) is 0 Å². The Labute approximate surface area is 104 Å². The molecule has 0 radical (unpaired) electrons. The first-order valence-corrected chi connectivity index (χ1v) is 5.80. The molecule has 1 amide bonds. The third kappa shape index (κ3) is 2.51. The molecule has 1 aromatic heterocycles. The van der Waals surface area contributed by atoms with Crippen LogP contribution in [0.1, 0.15) is 17.0 Å². The van der Waals surface area contributed by atoms with Crippen LogP contribution in [0.5, 0.6) is 0 Å². The molecule has 98 valence electrons. The molecule has 1 atom stereocenters. The van der Waals surface area contributed by atoms with Gasteiger partial charge in [0.15, 0.2) is 5.76 Å². The molecule has 2 rings (SSSR count). The van der Waals surface area contributed by atoms with Gasteiger partial charge in [0, 0.05) is 13.1 Å². The first-order chi connectivity index (χ1) is 8.61. The van der Waals surface area contributed by atoms with Crippen LogP contribution in [0.15, 0.2) is 16.5 Å². The van der Waals surface area contributed by atoms with Crippen LogP contribution in [0.4, 0.5) is 5.88 Å². The lowest BCUT2D eigenvalue weighted by atomic mass is 10.1. The van der Waals surface area contributed by atoms with Crippen molar-refractivity contribution in [1.82, 2.24) is 10.2 Å². The zero-order valence-electron chi connectivity index (χ0n) is 10.1. The Balaban J connectivity index is 2.01. The summed E-state index contributed by atoms with van der Waals surface area (Å²) < 4.78 is 4.91. The summed E-state index contributed by atoms with van der Waals surface area (Å²) in [4.78, 5) is 23.5. The zero-order chi connectivity index (χ0) is 13.1. The van der Waals surface area contributed by atoms with Crippen LogP contribution < -0.4 is 5.32 Å². The molecule has 1 aliphatic rings. The molecule has 1 aromatic rings. The van der Waals surface area contributed by atoms with E-state index in [1.165, 1.54) is 12.1 Å². The Bertz CT molecular complexity index is 457. The van der Waals surface area contributed by atoms with Gasteiger partial charge in [0.05, 0.1) is 6.07 Å². The molecule has 0 spiro atoms. The Morgan fingerprint density at radius 2 is 2.44 bits per heavy atom. The summed E-state index contributed by atoms with van der Waals surface area (Å²) in [5, 5.41) is 13.6. The molecule has 2 heterocycles. The molecule has 7 heteroatoms. The molecule has 1 N–H and O–H groups in total. The molecule has 1 fully saturated rings. The zero-order valence-corrected chi connectivity index (χ0v) is 10.1. The van der Waals surface area contributed by atoms with E-state index in [9.17, 15) is 14.9 Å². The lowest BCUT2D eigenvalue weighted by molar-refractivity contribution is -0.402. The van der Waals surface area contributed by atoms with Crippen molar-refractivity contribution in [3.63, 3.8) is 0 Å². The smallest absolute Gasteiger partial charge is 0.395 e. The Morgan fingerprint density at radius 3 is 3.06 bits per heavy atom. The average Bonchev–Trinajstić information content (AvgIpc) is 2.97. The summed E-state index contributed by atoms with van der Waals surface area (Å²) in [5.41, 5.74) is 0. The van der Waals surface area contributed by atoms with E-state index in [-0.39, 0.29) is 11.7 Å². The second kappa shape index (κ2) is 5.18. The van der Waals surface area contributed by atoms with Gasteiger partial charge in [-0.05, 0) is 32.0 Å². The number of furan rings is 1. The number of likely N-dealkylation sites (tertiary alicyclic amines) is 1. The topological polar surface area (TPSA) is 88.6 Å². The number of rotatable bonds is 4. The van der Waals surface area contributed by atoms with Crippen molar-refractivity contribution in [2.45, 2.75) is 6.42 Å². The molecule has 7 nitrogen and oxygen atoms in total. The van der Waals surface area contributed by atoms with Crippen LogP contribution >= 0.6 is 0 Å². The predicted octanol–water partition coefficient (Wildman–Crippen LogP) is 0.869. The minimum Gasteiger partial charge on any atom is -0.395 e. The number of nitrogens with zero attached hydrogens (tertiary/aromatic N) is 2. The highest BCUT2D eigenvalue weighted by Crippen LogP contribution is 2.21. The normalized spacial score (nSPS) is 19.2. The highest BCUT2D eigenvalue weighted by molar-refractivity contribution is 5.91. The van der Waals surface area contributed by atoms with Crippen LogP contribution in [-0.4, -0.2) is 42.4 Å². The minimum atomic E-state index is -0.648. The third-order valence-corrected chi connectivity index (χ3v) is 3.05. The van der Waals surface area contributed by atoms with E-state index in [0.29, 0.717) is 19.0 Å². The van der Waals surface area contributed by atoms with E-state index < -0.39 is 10.8 Å². The van der Waals surface area contributed by atoms with Crippen molar-refractivity contribution in [1.29, 1.82) is 0 Å². The van der Waals surface area contributed by atoms with Gasteiger partial charge < -0.3 is 14.6 Å². The van der Waals surface area contributed by atoms with Crippen molar-refractivity contribution in [2.75, 3.05) is 26.7 Å². The van der Waals surface area contributed by atoms with Gasteiger partial charge in [-0.25, -0.2) is 0 Å². The second-order valence-electron chi connectivity index (χ2n) is 4.36. The SMILES string of the molecule is CNCC1CCN(C(=O)c2ccc([N+](=O)[O-])o2)C1. The molecule has 1 aliphatic heterocycles. The van der Waals surface area contributed by atoms with E-state index in [2.05, 4.69) is 5.32 Å². The van der Waals surface area contributed by atoms with Crippen LogP contribution in [0.2, 0.25) is 0 Å². The van der Waals surface area contributed by atoms with E-state index in [0.717, 1.165) is 13.0 Å². The molecule has 0 bridgehead atoms. The maximum atomic E-state index is 12.0. The van der Waals surface area contributed by atoms with Gasteiger partial charge in [0.25, 0.3) is 5.91 Å². The average molecular weight is 253 g/mol. The van der Waals surface area contributed by atoms with Crippen LogP contribution in [0.3, 0.4) is 0 Å². The minimum absolute atomic E-state index is 0.0341. The number of amides is 1. The summed E-state index contributed by atoms with van der Waals surface area (Å²) in [6.07, 6.45) is 0.940. The maximum Gasteiger partial charge on any atom is 0.433 e. The molecule has 0 aliphatic carbocycles. The van der Waals surface area contributed by atoms with E-state index in [1.54, 1.807) is 4.90 Å². The number of nitro groups is 1. The Kier molecular flexibility index (Phi) is 3.61. The van der Waals surface area contributed by atoms with E-state index in [4.69, 9.17) is 4.42 Å². The quantitative estimate of drug-likeness (QED) is 0.635. The molecule has 0 aromatic carbocycles. The summed E-state index contributed by atoms with van der Waals surface area (Å²) >= 11 is 0. The summed E-state index contributed by atoms with van der Waals surface area (Å²) in [6, 6.07) is 2.56. The van der Waals surface area contributed by atoms with Crippen molar-refractivity contribution in [3.05, 3.63) is 28.0 Å². The summed E-state index contributed by atoms with van der Waals surface area (Å²) in [5.74, 6) is -0.207. The van der Waals surface area contributed by atoms with Gasteiger partial charge >= 0.3 is 5.88 Å². The molecule has 0 saturated carbocycles. The highest BCUT2D eigenvalue weighted by Gasteiger charge is 2.29. The highest BCUT2D eigenvalue weighted by atomic mass is 16.6. The number of hydrogen-bond donors (Lipinski definition) is 1. The maximum absolute atomic E-state index is 12.0. The second-order valence-corrected chi connectivity index (χ2v) is 4.36. The third-order valence-electron chi connectivity index (χ3n) is 3.05. The Morgan fingerprint density at radius 1 is 1.67 bits per heavy atom. The van der Waals surface area contributed by atoms with Crippen LogP contribution in [0, 0.1) is 16.0 Å². The molecule has 1 unspecified atom stereocenters. The van der Waals surface area contributed by atoms with Gasteiger partial charge in [-0.15, -0.1) is 0 Å². The van der Waals surface area contributed by atoms with Gasteiger partial charge in [0.1, 0.15) is 4.92 Å². The number of nitrogens with one attached hydrogen (secondary N) is 1. The molecular formula is C11H15N3O4. The lowest BCUT2D eigenvalue weighted by Gasteiger charge is -2.14. The summed E-state index contributed by atoms with van der Waals surface area (Å²) in [6.45, 7) is 2.19. The first-order valence-electron chi connectivity index (χ1n) is 5.80. The fraction of sp³-hybridized carbons (Fsp3) is 0.545. The molecular weight excluding hydrogens is 238 g/mol. The van der Waals surface area contributed by atoms with Gasteiger partial charge in [-0.3, -0.25) is 14.9 Å². The fourth-order valence-corrected chi connectivity index (χ4v) is 2.17. The van der Waals surface area contributed by atoms with Crippen molar-refractivity contribution in [2.24, 2.45) is 5.92 Å². The fourth-order valence-electron chi connectivity index (χ4n) is 2.17. The Hall–Kier alpha value is -1.89. The van der Waals surface area contributed by atoms with Crippen LogP contribution in [-0.2, 0) is 0 Å². The standard InChI is InChI=1S/C11H15N3O4/c1-12-6-8-4-5-13(7-8)11(15)9-2-3-10(18-9)14(16)17/h2-3,8,12H,4-7H2,1H3. The molecule has 1 saturated heterocycles. The first kappa shape index (κ1) is 12.6. The van der Waals surface area contributed by atoms with Crippen molar-refractivity contribution >= 4 is 11.8 Å². The van der Waals surface area contributed by atoms with Crippen LogP contribution in [0.25, 0.3) is 0 Å². The predicted molar refractivity (Wildman–Crippen MR) is 63.3 cm³/mol. The van der Waals surface area contributed by atoms with E-state index in [1.807, 2.05) is 7.05 Å². The lowest BCUT2D eigenvalue weighted by Crippen LogP contribution is -2.30. The molecule has 18 heavy (non-hydrogen) atoms. The number of carbonyl (C=O) groups excluding carboxylic acids is 1. The van der Waals surface area contributed by atoms with Gasteiger partial charge in [-0.2, -0.15) is 0 Å². The number of carbonyl (C=O) groups is 1.